The van der Waals surface area contributed by atoms with Gasteiger partial charge in [-0.05, 0) is 92.1 Å². The summed E-state index contributed by atoms with van der Waals surface area (Å²) < 4.78 is 11.1. The van der Waals surface area contributed by atoms with E-state index in [9.17, 15) is 19.8 Å². The quantitative estimate of drug-likeness (QED) is 0.503. The Labute approximate surface area is 168 Å². The van der Waals surface area contributed by atoms with Crippen LogP contribution in [-0.4, -0.2) is 22.2 Å². The second-order valence-corrected chi connectivity index (χ2v) is 6.64. The highest BCUT2D eigenvalue weighted by atomic mass is 16.5. The Bertz CT molecular complexity index is 1070. The van der Waals surface area contributed by atoms with Crippen molar-refractivity contribution in [3.8, 4) is 23.0 Å². The first-order valence-electron chi connectivity index (χ1n) is 8.89. The van der Waals surface area contributed by atoms with E-state index < -0.39 is 11.9 Å². The largest absolute Gasteiger partial charge is 0.508 e. The summed E-state index contributed by atoms with van der Waals surface area (Å²) in [6.45, 7) is 5.30. The number of aromatic hydroxyl groups is 2. The van der Waals surface area contributed by atoms with E-state index in [0.717, 1.165) is 0 Å². The summed E-state index contributed by atoms with van der Waals surface area (Å²) in [4.78, 5) is 24.8. The number of hydrogen-bond acceptors (Lipinski definition) is 6. The smallest absolute Gasteiger partial charge is 0.343 e. The molecular formula is C23H20O6. The second kappa shape index (κ2) is 8.06. The molecule has 0 fully saturated rings. The van der Waals surface area contributed by atoms with Gasteiger partial charge in [0.25, 0.3) is 0 Å². The predicted molar refractivity (Wildman–Crippen MR) is 107 cm³/mol. The summed E-state index contributed by atoms with van der Waals surface area (Å²) in [7, 11) is 0. The maximum atomic E-state index is 12.4. The molecule has 0 spiro atoms. The third kappa shape index (κ3) is 4.38. The van der Waals surface area contributed by atoms with Crippen LogP contribution in [0.5, 0.6) is 23.0 Å². The zero-order valence-electron chi connectivity index (χ0n) is 16.2. The van der Waals surface area contributed by atoms with Gasteiger partial charge >= 0.3 is 11.9 Å². The van der Waals surface area contributed by atoms with E-state index in [1.54, 1.807) is 26.8 Å². The van der Waals surface area contributed by atoms with Gasteiger partial charge in [-0.1, -0.05) is 0 Å². The molecule has 0 unspecified atom stereocenters. The highest BCUT2D eigenvalue weighted by Crippen LogP contribution is 2.34. The van der Waals surface area contributed by atoms with Crippen molar-refractivity contribution < 1.29 is 29.3 Å². The van der Waals surface area contributed by atoms with Crippen LogP contribution in [0.15, 0.2) is 54.6 Å². The minimum Gasteiger partial charge on any atom is -0.508 e. The third-order valence-electron chi connectivity index (χ3n) is 4.58. The fourth-order valence-electron chi connectivity index (χ4n) is 2.79. The molecule has 3 rings (SSSR count). The van der Waals surface area contributed by atoms with Crippen LogP contribution in [0, 0.1) is 20.8 Å². The van der Waals surface area contributed by atoms with Crippen LogP contribution >= 0.6 is 0 Å². The summed E-state index contributed by atoms with van der Waals surface area (Å²) in [6, 6.07) is 13.2. The number of carbonyl (C=O) groups excluding carboxylic acids is 2. The fraction of sp³-hybridized carbons (Fsp3) is 0.130. The summed E-state index contributed by atoms with van der Waals surface area (Å²) in [5.41, 5.74) is 2.58. The van der Waals surface area contributed by atoms with Gasteiger partial charge in [0.2, 0.25) is 0 Å². The first-order valence-corrected chi connectivity index (χ1v) is 8.89. The lowest BCUT2D eigenvalue weighted by Crippen LogP contribution is -2.13. The van der Waals surface area contributed by atoms with Crippen molar-refractivity contribution >= 4 is 11.9 Å². The Morgan fingerprint density at radius 1 is 0.690 bits per heavy atom. The molecule has 0 heterocycles. The number of benzene rings is 3. The number of ether oxygens (including phenoxy) is 2. The molecule has 3 aromatic carbocycles. The summed E-state index contributed by atoms with van der Waals surface area (Å²) in [6.07, 6.45) is 0. The lowest BCUT2D eigenvalue weighted by atomic mass is 10.0. The van der Waals surface area contributed by atoms with Crippen LogP contribution < -0.4 is 9.47 Å². The van der Waals surface area contributed by atoms with Gasteiger partial charge in [0, 0.05) is 0 Å². The average molecular weight is 392 g/mol. The predicted octanol–water partition coefficient (Wildman–Crippen LogP) is 4.46. The topological polar surface area (TPSA) is 93.1 Å². The minimum atomic E-state index is -0.555. The Kier molecular flexibility index (Phi) is 5.54. The van der Waals surface area contributed by atoms with Crippen molar-refractivity contribution in [3.63, 3.8) is 0 Å². The zero-order valence-corrected chi connectivity index (χ0v) is 16.2. The van der Waals surface area contributed by atoms with E-state index in [2.05, 4.69) is 0 Å². The molecule has 2 N–H and O–H groups in total. The van der Waals surface area contributed by atoms with E-state index in [1.807, 2.05) is 0 Å². The van der Waals surface area contributed by atoms with Gasteiger partial charge in [0.1, 0.15) is 23.0 Å². The number of carbonyl (C=O) groups is 2. The molecule has 0 saturated heterocycles. The molecule has 0 aliphatic carbocycles. The number of phenols is 2. The molecule has 0 aromatic heterocycles. The number of esters is 2. The molecular weight excluding hydrogens is 372 g/mol. The molecule has 0 amide bonds. The average Bonchev–Trinajstić information content (AvgIpc) is 2.70. The van der Waals surface area contributed by atoms with Gasteiger partial charge in [-0.25, -0.2) is 9.59 Å². The minimum absolute atomic E-state index is 0.0595. The molecule has 0 bridgehead atoms. The van der Waals surface area contributed by atoms with Crippen LogP contribution in [0.4, 0.5) is 0 Å². The van der Waals surface area contributed by atoms with Crippen LogP contribution in [0.1, 0.15) is 37.4 Å². The number of phenolic OH excluding ortho intramolecular Hbond substituents is 2. The van der Waals surface area contributed by atoms with E-state index in [4.69, 9.17) is 9.47 Å². The lowest BCUT2D eigenvalue weighted by Gasteiger charge is -2.16. The van der Waals surface area contributed by atoms with E-state index in [0.29, 0.717) is 39.3 Å². The van der Waals surface area contributed by atoms with Crippen molar-refractivity contribution in [3.05, 3.63) is 82.4 Å². The Balaban J connectivity index is 1.84. The summed E-state index contributed by atoms with van der Waals surface area (Å²) in [5.74, 6) is -0.230. The summed E-state index contributed by atoms with van der Waals surface area (Å²) in [5, 5.41) is 18.7. The number of hydrogen-bond donors (Lipinski definition) is 2. The van der Waals surface area contributed by atoms with Crippen molar-refractivity contribution in [2.24, 2.45) is 0 Å². The third-order valence-corrected chi connectivity index (χ3v) is 4.58. The zero-order chi connectivity index (χ0) is 21.1. The maximum Gasteiger partial charge on any atom is 0.343 e. The van der Waals surface area contributed by atoms with Crippen LogP contribution in [0.3, 0.4) is 0 Å². The molecule has 3 aromatic rings. The number of aryl methyl sites for hydroxylation is 1. The molecule has 0 aliphatic heterocycles. The lowest BCUT2D eigenvalue weighted by molar-refractivity contribution is 0.0716. The molecule has 0 atom stereocenters. The van der Waals surface area contributed by atoms with Gasteiger partial charge in [-0.2, -0.15) is 0 Å². The molecule has 0 radical (unpaired) electrons. The first kappa shape index (κ1) is 19.9. The SMILES string of the molecule is Cc1cc(OC(=O)c2ccc(O)cc2)c(C)c(C)c1OC(=O)c1ccc(O)cc1. The van der Waals surface area contributed by atoms with Crippen LogP contribution in [0.2, 0.25) is 0 Å². The van der Waals surface area contributed by atoms with Crippen molar-refractivity contribution in [2.75, 3.05) is 0 Å². The molecule has 6 heteroatoms. The maximum absolute atomic E-state index is 12.4. The highest BCUT2D eigenvalue weighted by molar-refractivity contribution is 5.92. The first-order chi connectivity index (χ1) is 13.8. The van der Waals surface area contributed by atoms with Gasteiger partial charge in [-0.15, -0.1) is 0 Å². The van der Waals surface area contributed by atoms with Gasteiger partial charge in [0.05, 0.1) is 11.1 Å². The van der Waals surface area contributed by atoms with E-state index >= 15 is 0 Å². The van der Waals surface area contributed by atoms with Crippen molar-refractivity contribution in [2.45, 2.75) is 20.8 Å². The van der Waals surface area contributed by atoms with Crippen LogP contribution in [0.25, 0.3) is 0 Å². The second-order valence-electron chi connectivity index (χ2n) is 6.64. The molecule has 6 nitrogen and oxygen atoms in total. The van der Waals surface area contributed by atoms with Gasteiger partial charge in [-0.3, -0.25) is 0 Å². The van der Waals surface area contributed by atoms with Gasteiger partial charge in [0.15, 0.2) is 0 Å². The van der Waals surface area contributed by atoms with Crippen molar-refractivity contribution in [1.82, 2.24) is 0 Å². The van der Waals surface area contributed by atoms with E-state index in [1.165, 1.54) is 48.5 Å². The Morgan fingerprint density at radius 2 is 1.14 bits per heavy atom. The standard InChI is InChI=1S/C23H20O6/c1-13-12-20(28-22(26)16-4-8-18(24)9-5-16)14(2)15(3)21(13)29-23(27)17-6-10-19(25)11-7-17/h4-12,24-25H,1-3H3. The highest BCUT2D eigenvalue weighted by Gasteiger charge is 2.19. The molecule has 148 valence electrons. The normalized spacial score (nSPS) is 10.4. The molecule has 0 aliphatic rings. The van der Waals surface area contributed by atoms with Crippen molar-refractivity contribution in [1.29, 1.82) is 0 Å². The molecule has 0 saturated carbocycles. The van der Waals surface area contributed by atoms with Gasteiger partial charge < -0.3 is 19.7 Å². The van der Waals surface area contributed by atoms with E-state index in [-0.39, 0.29) is 11.5 Å². The molecule has 29 heavy (non-hydrogen) atoms. The van der Waals surface area contributed by atoms with Crippen LogP contribution in [-0.2, 0) is 0 Å². The Morgan fingerprint density at radius 3 is 1.62 bits per heavy atom. The summed E-state index contributed by atoms with van der Waals surface area (Å²) >= 11 is 0. The monoisotopic (exact) mass is 392 g/mol. The Hall–Kier alpha value is -3.80. The number of rotatable bonds is 4. The fourth-order valence-corrected chi connectivity index (χ4v) is 2.79.